The fourth-order valence-electron chi connectivity index (χ4n) is 1.88. The van der Waals surface area contributed by atoms with Gasteiger partial charge in [-0.3, -0.25) is 4.79 Å². The summed E-state index contributed by atoms with van der Waals surface area (Å²) < 4.78 is 5.30. The molecule has 16 heavy (non-hydrogen) atoms. The van der Waals surface area contributed by atoms with Crippen molar-refractivity contribution in [2.45, 2.75) is 12.8 Å². The summed E-state index contributed by atoms with van der Waals surface area (Å²) in [6.07, 6.45) is 1.76. The van der Waals surface area contributed by atoms with Gasteiger partial charge < -0.3 is 4.74 Å². The van der Waals surface area contributed by atoms with Crippen molar-refractivity contribution in [3.63, 3.8) is 0 Å². The van der Waals surface area contributed by atoms with Crippen molar-refractivity contribution in [3.8, 4) is 0 Å². The van der Waals surface area contributed by atoms with Crippen molar-refractivity contribution in [1.29, 1.82) is 0 Å². The van der Waals surface area contributed by atoms with Crippen LogP contribution in [-0.4, -0.2) is 19.0 Å². The third-order valence-corrected chi connectivity index (χ3v) is 3.37. The van der Waals surface area contributed by atoms with Crippen LogP contribution in [0.4, 0.5) is 0 Å². The topological polar surface area (TPSA) is 26.3 Å². The summed E-state index contributed by atoms with van der Waals surface area (Å²) >= 11 is 12.0. The molecule has 1 unspecified atom stereocenters. The Bertz CT molecular complexity index is 378. The predicted molar refractivity (Wildman–Crippen MR) is 64.3 cm³/mol. The van der Waals surface area contributed by atoms with E-state index in [1.807, 2.05) is 0 Å². The third-order valence-electron chi connectivity index (χ3n) is 2.74. The maximum absolute atomic E-state index is 12.2. The van der Waals surface area contributed by atoms with Crippen molar-refractivity contribution >= 4 is 29.0 Å². The van der Waals surface area contributed by atoms with Gasteiger partial charge in [0.15, 0.2) is 5.78 Å². The molecular weight excluding hydrogens is 247 g/mol. The Balaban J connectivity index is 2.26. The van der Waals surface area contributed by atoms with E-state index in [2.05, 4.69) is 0 Å². The van der Waals surface area contributed by atoms with Crippen LogP contribution in [0.15, 0.2) is 18.2 Å². The lowest BCUT2D eigenvalue weighted by Crippen LogP contribution is -2.25. The van der Waals surface area contributed by atoms with E-state index in [0.29, 0.717) is 22.2 Å². The van der Waals surface area contributed by atoms with Gasteiger partial charge in [0.25, 0.3) is 0 Å². The average Bonchev–Trinajstić information content (AvgIpc) is 2.30. The first-order chi connectivity index (χ1) is 7.70. The summed E-state index contributed by atoms with van der Waals surface area (Å²) in [5, 5.41) is 0.839. The number of halogens is 2. The lowest BCUT2D eigenvalue weighted by molar-refractivity contribution is 0.0461. The number of hydrogen-bond donors (Lipinski definition) is 0. The molecule has 1 aliphatic heterocycles. The number of carbonyl (C=O) groups is 1. The Morgan fingerprint density at radius 2 is 2.00 bits per heavy atom. The zero-order chi connectivity index (χ0) is 11.5. The van der Waals surface area contributed by atoms with E-state index in [1.54, 1.807) is 18.2 Å². The number of benzene rings is 1. The second-order valence-electron chi connectivity index (χ2n) is 3.87. The monoisotopic (exact) mass is 258 g/mol. The van der Waals surface area contributed by atoms with E-state index >= 15 is 0 Å². The second kappa shape index (κ2) is 5.17. The zero-order valence-corrected chi connectivity index (χ0v) is 10.2. The smallest absolute Gasteiger partial charge is 0.171 e. The van der Waals surface area contributed by atoms with Gasteiger partial charge in [0.1, 0.15) is 0 Å². The minimum atomic E-state index is -0.105. The zero-order valence-electron chi connectivity index (χ0n) is 8.71. The molecule has 1 aromatic rings. The Kier molecular flexibility index (Phi) is 3.85. The van der Waals surface area contributed by atoms with E-state index in [-0.39, 0.29) is 11.7 Å². The summed E-state index contributed by atoms with van der Waals surface area (Å²) in [6.45, 7) is 1.21. The molecule has 0 saturated carbocycles. The molecule has 0 spiro atoms. The number of carbonyl (C=O) groups excluding carboxylic acids is 1. The molecule has 4 heteroatoms. The fraction of sp³-hybridized carbons (Fsp3) is 0.417. The van der Waals surface area contributed by atoms with Crippen LogP contribution in [0.3, 0.4) is 0 Å². The molecule has 86 valence electrons. The van der Waals surface area contributed by atoms with Gasteiger partial charge in [0, 0.05) is 12.5 Å². The van der Waals surface area contributed by atoms with Gasteiger partial charge in [0.05, 0.1) is 22.2 Å². The largest absolute Gasteiger partial charge is 0.381 e. The number of Topliss-reactive ketones (excluding diaryl/α,β-unsaturated/α-hetero) is 1. The third kappa shape index (κ3) is 2.40. The van der Waals surface area contributed by atoms with Gasteiger partial charge in [0.2, 0.25) is 0 Å². The molecule has 1 heterocycles. The highest BCUT2D eigenvalue weighted by molar-refractivity contribution is 6.39. The molecule has 1 aromatic carbocycles. The number of hydrogen-bond acceptors (Lipinski definition) is 2. The first-order valence-corrected chi connectivity index (χ1v) is 6.01. The molecule has 2 rings (SSSR count). The molecule has 1 fully saturated rings. The minimum Gasteiger partial charge on any atom is -0.381 e. The quantitative estimate of drug-likeness (QED) is 0.758. The van der Waals surface area contributed by atoms with Gasteiger partial charge in [-0.05, 0) is 25.0 Å². The predicted octanol–water partition coefficient (Wildman–Crippen LogP) is 3.60. The normalized spacial score (nSPS) is 20.8. The molecule has 0 bridgehead atoms. The first kappa shape index (κ1) is 11.9. The molecule has 2 nitrogen and oxygen atoms in total. The highest BCUT2D eigenvalue weighted by Crippen LogP contribution is 2.29. The maximum Gasteiger partial charge on any atom is 0.171 e. The average molecular weight is 259 g/mol. The summed E-state index contributed by atoms with van der Waals surface area (Å²) in [5.41, 5.74) is 0.432. The molecule has 1 saturated heterocycles. The van der Waals surface area contributed by atoms with Crippen LogP contribution >= 0.6 is 23.2 Å². The Labute approximate surface area is 104 Å². The first-order valence-electron chi connectivity index (χ1n) is 5.26. The van der Waals surface area contributed by atoms with Crippen molar-refractivity contribution in [2.75, 3.05) is 13.2 Å². The molecule has 0 amide bonds. The number of ketones is 1. The highest BCUT2D eigenvalue weighted by Gasteiger charge is 2.26. The Morgan fingerprint density at radius 3 is 2.56 bits per heavy atom. The molecule has 0 N–H and O–H groups in total. The van der Waals surface area contributed by atoms with Gasteiger partial charge in [-0.15, -0.1) is 0 Å². The van der Waals surface area contributed by atoms with E-state index in [9.17, 15) is 4.79 Å². The van der Waals surface area contributed by atoms with Crippen molar-refractivity contribution in [3.05, 3.63) is 33.8 Å². The van der Waals surface area contributed by atoms with Gasteiger partial charge >= 0.3 is 0 Å². The summed E-state index contributed by atoms with van der Waals surface area (Å²) in [5.74, 6) is -0.110. The summed E-state index contributed by atoms with van der Waals surface area (Å²) in [4.78, 5) is 12.2. The number of ether oxygens (including phenoxy) is 1. The standard InChI is InChI=1S/C12H12Cl2O2/c13-9-4-1-5-10(14)11(9)12(15)8-3-2-6-16-7-8/h1,4-5,8H,2-3,6-7H2. The van der Waals surface area contributed by atoms with E-state index < -0.39 is 0 Å². The lowest BCUT2D eigenvalue weighted by atomic mass is 9.92. The minimum absolute atomic E-state index is 0.00435. The van der Waals surface area contributed by atoms with Crippen LogP contribution < -0.4 is 0 Å². The Hall–Kier alpha value is -0.570. The molecule has 0 aromatic heterocycles. The van der Waals surface area contributed by atoms with Gasteiger partial charge in [-0.25, -0.2) is 0 Å². The fourth-order valence-corrected chi connectivity index (χ4v) is 2.47. The molecule has 1 atom stereocenters. The second-order valence-corrected chi connectivity index (χ2v) is 4.69. The SMILES string of the molecule is O=C(c1c(Cl)cccc1Cl)C1CCCOC1. The molecular formula is C12H12Cl2O2. The molecule has 0 aliphatic carbocycles. The van der Waals surface area contributed by atoms with Crippen LogP contribution in [0, 0.1) is 5.92 Å². The van der Waals surface area contributed by atoms with Crippen LogP contribution in [0.25, 0.3) is 0 Å². The molecule has 1 aliphatic rings. The van der Waals surface area contributed by atoms with Crippen molar-refractivity contribution in [1.82, 2.24) is 0 Å². The van der Waals surface area contributed by atoms with Crippen molar-refractivity contribution in [2.24, 2.45) is 5.92 Å². The number of rotatable bonds is 2. The lowest BCUT2D eigenvalue weighted by Gasteiger charge is -2.21. The van der Waals surface area contributed by atoms with Crippen LogP contribution in [-0.2, 0) is 4.74 Å². The summed E-state index contributed by atoms with van der Waals surface area (Å²) in [7, 11) is 0. The maximum atomic E-state index is 12.2. The van der Waals surface area contributed by atoms with E-state index in [0.717, 1.165) is 19.4 Å². The van der Waals surface area contributed by atoms with Gasteiger partial charge in [-0.2, -0.15) is 0 Å². The van der Waals surface area contributed by atoms with E-state index in [4.69, 9.17) is 27.9 Å². The Morgan fingerprint density at radius 1 is 1.31 bits per heavy atom. The van der Waals surface area contributed by atoms with Crippen LogP contribution in [0.1, 0.15) is 23.2 Å². The van der Waals surface area contributed by atoms with Crippen LogP contribution in [0.2, 0.25) is 10.0 Å². The molecule has 0 radical (unpaired) electrons. The van der Waals surface area contributed by atoms with Crippen molar-refractivity contribution < 1.29 is 9.53 Å². The van der Waals surface area contributed by atoms with E-state index in [1.165, 1.54) is 0 Å². The highest BCUT2D eigenvalue weighted by atomic mass is 35.5. The van der Waals surface area contributed by atoms with Crippen LogP contribution in [0.5, 0.6) is 0 Å². The van der Waals surface area contributed by atoms with Gasteiger partial charge in [-0.1, -0.05) is 29.3 Å². The summed E-state index contributed by atoms with van der Waals surface area (Å²) in [6, 6.07) is 5.10.